The van der Waals surface area contributed by atoms with Crippen LogP contribution in [0.4, 0.5) is 0 Å². The number of ether oxygens (including phenoxy) is 1. The highest BCUT2D eigenvalue weighted by Crippen LogP contribution is 2.39. The number of nitrogens with zero attached hydrogens (tertiary/aromatic N) is 3. The highest BCUT2D eigenvalue weighted by Gasteiger charge is 2.42. The number of thioether (sulfide) groups is 1. The number of thiocarbonyl (C=S) groups is 1. The van der Waals surface area contributed by atoms with Gasteiger partial charge in [0.15, 0.2) is 9.84 Å². The van der Waals surface area contributed by atoms with E-state index in [0.717, 1.165) is 40.2 Å². The summed E-state index contributed by atoms with van der Waals surface area (Å²) < 4.78 is 32.1. The lowest BCUT2D eigenvalue weighted by atomic mass is 10.0. The van der Waals surface area contributed by atoms with Crippen molar-refractivity contribution in [2.24, 2.45) is 0 Å². The van der Waals surface area contributed by atoms with Crippen LogP contribution < -0.4 is 4.74 Å². The molecule has 2 saturated heterocycles. The summed E-state index contributed by atoms with van der Waals surface area (Å²) in [5.74, 6) is 0.687. The molecule has 0 N–H and O–H groups in total. The van der Waals surface area contributed by atoms with E-state index in [0.29, 0.717) is 15.6 Å². The first-order valence-corrected chi connectivity index (χ1v) is 14.7. The Bertz CT molecular complexity index is 1530. The van der Waals surface area contributed by atoms with Crippen LogP contribution in [0.1, 0.15) is 24.5 Å². The minimum Gasteiger partial charge on any atom is -0.490 e. The molecule has 0 saturated carbocycles. The summed E-state index contributed by atoms with van der Waals surface area (Å²) in [6, 6.07) is 15.4. The Morgan fingerprint density at radius 1 is 1.19 bits per heavy atom. The number of hydrogen-bond acceptors (Lipinski definition) is 7. The number of carbonyl (C=O) groups is 1. The minimum absolute atomic E-state index is 0.0421. The topological polar surface area (TPSA) is 81.5 Å². The van der Waals surface area contributed by atoms with Gasteiger partial charge in [0.1, 0.15) is 21.9 Å². The number of fused-ring (bicyclic) bond motifs is 1. The van der Waals surface area contributed by atoms with Crippen LogP contribution in [0.3, 0.4) is 0 Å². The van der Waals surface area contributed by atoms with Crippen LogP contribution in [0.2, 0.25) is 0 Å². The van der Waals surface area contributed by atoms with Crippen molar-refractivity contribution in [3.8, 4) is 22.7 Å². The molecule has 7 nitrogen and oxygen atoms in total. The fourth-order valence-corrected chi connectivity index (χ4v) is 8.01. The van der Waals surface area contributed by atoms with E-state index < -0.39 is 15.9 Å². The molecular formula is C26H23N3O4S3. The zero-order valence-electron chi connectivity index (χ0n) is 19.5. The predicted molar refractivity (Wildman–Crippen MR) is 145 cm³/mol. The summed E-state index contributed by atoms with van der Waals surface area (Å²) in [4.78, 5) is 15.3. The molecule has 4 heterocycles. The van der Waals surface area contributed by atoms with Gasteiger partial charge in [-0.05, 0) is 55.3 Å². The lowest BCUT2D eigenvalue weighted by Gasteiger charge is -2.20. The van der Waals surface area contributed by atoms with Crippen molar-refractivity contribution in [3.63, 3.8) is 0 Å². The Labute approximate surface area is 219 Å². The van der Waals surface area contributed by atoms with Crippen molar-refractivity contribution in [2.45, 2.75) is 31.9 Å². The number of aromatic nitrogens is 2. The van der Waals surface area contributed by atoms with Crippen molar-refractivity contribution < 1.29 is 17.9 Å². The average Bonchev–Trinajstić information content (AvgIpc) is 3.59. The number of para-hydroxylation sites is 1. The van der Waals surface area contributed by atoms with Gasteiger partial charge in [-0.15, -0.1) is 0 Å². The summed E-state index contributed by atoms with van der Waals surface area (Å²) >= 11 is 6.70. The lowest BCUT2D eigenvalue weighted by molar-refractivity contribution is -0.123. The fraction of sp³-hybridized carbons (Fsp3) is 0.269. The van der Waals surface area contributed by atoms with Crippen molar-refractivity contribution in [1.82, 2.24) is 14.7 Å². The molecule has 0 bridgehead atoms. The number of amides is 1. The Balaban J connectivity index is 1.40. The summed E-state index contributed by atoms with van der Waals surface area (Å²) in [7, 11) is -3.14. The third-order valence-electron chi connectivity index (χ3n) is 6.62. The molecule has 0 unspecified atom stereocenters. The summed E-state index contributed by atoms with van der Waals surface area (Å²) in [6.07, 6.45) is 5.11. The zero-order chi connectivity index (χ0) is 25.0. The van der Waals surface area contributed by atoms with Crippen molar-refractivity contribution in [1.29, 1.82) is 0 Å². The lowest BCUT2D eigenvalue weighted by Crippen LogP contribution is -2.39. The quantitative estimate of drug-likeness (QED) is 0.364. The molecular weight excluding hydrogens is 515 g/mol. The third kappa shape index (κ3) is 4.27. The number of sulfone groups is 1. The summed E-state index contributed by atoms with van der Waals surface area (Å²) in [6.45, 7) is 2.05. The van der Waals surface area contributed by atoms with Crippen LogP contribution in [0, 0.1) is 0 Å². The average molecular weight is 538 g/mol. The van der Waals surface area contributed by atoms with Crippen molar-refractivity contribution in [3.05, 3.63) is 70.8 Å². The molecule has 6 rings (SSSR count). The second kappa shape index (κ2) is 8.86. The standard InChI is InChI=1S/C26H23N3O4S3/c1-16-11-18-12-17(7-8-22(18)33-16)24-19(14-28(27-24)20-5-3-2-4-6-20)13-23-25(30)29(26(34)35-23)21-9-10-36(31,32)15-21/h2-8,12-14,16,21H,9-11,15H2,1H3/b23-13-/t16-,21+/m0/s1. The Morgan fingerprint density at radius 2 is 2.00 bits per heavy atom. The van der Waals surface area contributed by atoms with Crippen LogP contribution in [0.25, 0.3) is 23.0 Å². The van der Waals surface area contributed by atoms with Crippen molar-refractivity contribution in [2.75, 3.05) is 11.5 Å². The van der Waals surface area contributed by atoms with E-state index in [-0.39, 0.29) is 23.5 Å². The van der Waals surface area contributed by atoms with Gasteiger partial charge in [-0.1, -0.05) is 42.2 Å². The molecule has 3 aliphatic rings. The molecule has 1 aromatic heterocycles. The molecule has 1 amide bonds. The smallest absolute Gasteiger partial charge is 0.266 e. The van der Waals surface area contributed by atoms with Crippen molar-refractivity contribution >= 4 is 50.1 Å². The molecule has 0 aliphatic carbocycles. The first-order chi connectivity index (χ1) is 17.3. The van der Waals surface area contributed by atoms with E-state index in [2.05, 4.69) is 6.07 Å². The maximum atomic E-state index is 13.3. The Morgan fingerprint density at radius 3 is 2.75 bits per heavy atom. The molecule has 2 fully saturated rings. The van der Waals surface area contributed by atoms with E-state index in [1.54, 1.807) is 4.68 Å². The van der Waals surface area contributed by atoms with Crippen LogP contribution in [0.5, 0.6) is 5.75 Å². The molecule has 2 aromatic carbocycles. The molecule has 3 aliphatic heterocycles. The van der Waals surface area contributed by atoms with Crippen LogP contribution in [-0.2, 0) is 21.1 Å². The Kier molecular flexibility index (Phi) is 5.77. The SMILES string of the molecule is C[C@H]1Cc2cc(-c3nn(-c4ccccc4)cc3/C=C3\SC(=S)N([C@@H]4CCS(=O)(=O)C4)C3=O)ccc2O1. The molecule has 0 spiro atoms. The molecule has 10 heteroatoms. The molecule has 3 aromatic rings. The van der Waals surface area contributed by atoms with Gasteiger partial charge >= 0.3 is 0 Å². The largest absolute Gasteiger partial charge is 0.490 e. The van der Waals surface area contributed by atoms with Gasteiger partial charge in [-0.2, -0.15) is 5.10 Å². The number of benzene rings is 2. The van der Waals surface area contributed by atoms with Gasteiger partial charge in [0.05, 0.1) is 28.1 Å². The van der Waals surface area contributed by atoms with Gasteiger partial charge in [-0.3, -0.25) is 9.69 Å². The second-order valence-electron chi connectivity index (χ2n) is 9.28. The van der Waals surface area contributed by atoms with Crippen LogP contribution in [-0.4, -0.2) is 57.0 Å². The van der Waals surface area contributed by atoms with Gasteiger partial charge < -0.3 is 4.74 Å². The summed E-state index contributed by atoms with van der Waals surface area (Å²) in [5.41, 5.74) is 4.50. The van der Waals surface area contributed by atoms with Gasteiger partial charge in [-0.25, -0.2) is 13.1 Å². The normalized spacial score (nSPS) is 23.9. The monoisotopic (exact) mass is 537 g/mol. The van der Waals surface area contributed by atoms with Crippen LogP contribution in [0.15, 0.2) is 59.6 Å². The van der Waals surface area contributed by atoms with E-state index in [1.807, 2.05) is 61.7 Å². The Hall–Kier alpha value is -2.95. The minimum atomic E-state index is -3.14. The maximum Gasteiger partial charge on any atom is 0.266 e. The molecule has 184 valence electrons. The van der Waals surface area contributed by atoms with E-state index >= 15 is 0 Å². The van der Waals surface area contributed by atoms with Gasteiger partial charge in [0.25, 0.3) is 5.91 Å². The fourth-order valence-electron chi connectivity index (χ4n) is 4.91. The van der Waals surface area contributed by atoms with Gasteiger partial charge in [0, 0.05) is 23.7 Å². The highest BCUT2D eigenvalue weighted by atomic mass is 32.2. The molecule has 0 radical (unpaired) electrons. The van der Waals surface area contributed by atoms with Crippen LogP contribution >= 0.6 is 24.0 Å². The molecule has 36 heavy (non-hydrogen) atoms. The van der Waals surface area contributed by atoms with Gasteiger partial charge in [0.2, 0.25) is 0 Å². The second-order valence-corrected chi connectivity index (χ2v) is 13.2. The van der Waals surface area contributed by atoms with E-state index in [9.17, 15) is 13.2 Å². The molecule has 2 atom stereocenters. The highest BCUT2D eigenvalue weighted by molar-refractivity contribution is 8.26. The van der Waals surface area contributed by atoms with E-state index in [4.69, 9.17) is 22.1 Å². The van der Waals surface area contributed by atoms with E-state index in [1.165, 1.54) is 16.7 Å². The summed E-state index contributed by atoms with van der Waals surface area (Å²) in [5, 5.41) is 4.88. The predicted octanol–water partition coefficient (Wildman–Crippen LogP) is 4.25. The maximum absolute atomic E-state index is 13.3. The zero-order valence-corrected chi connectivity index (χ0v) is 21.9. The first-order valence-electron chi connectivity index (χ1n) is 11.7. The first kappa shape index (κ1) is 23.4. The number of rotatable bonds is 4. The number of carbonyl (C=O) groups excluding carboxylic acids is 1. The number of hydrogen-bond donors (Lipinski definition) is 0. The third-order valence-corrected chi connectivity index (χ3v) is 9.70.